The zero-order chi connectivity index (χ0) is 18.8. The quantitative estimate of drug-likeness (QED) is 0.295. The molecule has 1 aliphatic heterocycles. The molecular weight excluding hydrogens is 374 g/mol. The fraction of sp³-hybridized carbons (Fsp3) is 0.273. The summed E-state index contributed by atoms with van der Waals surface area (Å²) in [7, 11) is 0. The predicted octanol–water partition coefficient (Wildman–Crippen LogP) is 4.53. The van der Waals surface area contributed by atoms with Crippen LogP contribution in [0.3, 0.4) is 0 Å². The van der Waals surface area contributed by atoms with Gasteiger partial charge in [0.05, 0.1) is 5.36 Å². The number of hydrogen-bond acceptors (Lipinski definition) is 5. The van der Waals surface area contributed by atoms with Crippen LogP contribution in [0, 0.1) is 6.92 Å². The summed E-state index contributed by atoms with van der Waals surface area (Å²) in [5, 5.41) is 15.3. The van der Waals surface area contributed by atoms with Gasteiger partial charge in [-0.2, -0.15) is 0 Å². The summed E-state index contributed by atoms with van der Waals surface area (Å²) in [5.41, 5.74) is 4.64. The highest BCUT2D eigenvalue weighted by Gasteiger charge is 2.15. The number of anilines is 1. The first kappa shape index (κ1) is 20.1. The molecular formula is C22H24ClN3O2. The van der Waals surface area contributed by atoms with E-state index in [2.05, 4.69) is 42.4 Å². The molecule has 0 fully saturated rings. The monoisotopic (exact) mass is 397 g/mol. The average molecular weight is 398 g/mol. The van der Waals surface area contributed by atoms with E-state index in [0.29, 0.717) is 13.0 Å². The average Bonchev–Trinajstić information content (AvgIpc) is 2.68. The van der Waals surface area contributed by atoms with Crippen molar-refractivity contribution in [3.05, 3.63) is 53.4 Å². The standard InChI is InChI=1S/C22H23N3O2.ClH/c1-3-23-17-12-20-19(11-14(17)2)25-22-16-8-5-4-7-15(16)18(13-21(22)27-20)24-9-6-10-26;/h4-5,7-8,11-13,23,26H,3,6,9-10H2,1-2H3;1H. The Balaban J connectivity index is 0.00000225. The number of nitrogens with zero attached hydrogens (tertiary/aromatic N) is 2. The van der Waals surface area contributed by atoms with Gasteiger partial charge in [0, 0.05) is 48.3 Å². The van der Waals surface area contributed by atoms with Crippen LogP contribution >= 0.6 is 12.4 Å². The molecule has 0 saturated carbocycles. The third-order valence-electron chi connectivity index (χ3n) is 4.68. The Morgan fingerprint density at radius 2 is 1.93 bits per heavy atom. The Bertz CT molecular complexity index is 1150. The number of fused-ring (bicyclic) bond motifs is 4. The molecule has 0 amide bonds. The molecule has 6 heteroatoms. The van der Waals surface area contributed by atoms with Gasteiger partial charge in [0.15, 0.2) is 11.3 Å². The van der Waals surface area contributed by atoms with Crippen LogP contribution in [0.5, 0.6) is 0 Å². The lowest BCUT2D eigenvalue weighted by Crippen LogP contribution is -2.08. The topological polar surface area (TPSA) is 70.7 Å². The predicted molar refractivity (Wildman–Crippen MR) is 116 cm³/mol. The van der Waals surface area contributed by atoms with Gasteiger partial charge >= 0.3 is 0 Å². The van der Waals surface area contributed by atoms with Gasteiger partial charge in [0.25, 0.3) is 0 Å². The molecule has 0 atom stereocenters. The number of rotatable bonds is 5. The van der Waals surface area contributed by atoms with E-state index in [1.807, 2.05) is 24.3 Å². The second-order valence-electron chi connectivity index (χ2n) is 6.63. The molecule has 0 aromatic heterocycles. The van der Waals surface area contributed by atoms with Crippen molar-refractivity contribution in [1.82, 2.24) is 4.98 Å². The van der Waals surface area contributed by atoms with Gasteiger partial charge in [-0.05, 0) is 31.9 Å². The first-order valence-electron chi connectivity index (χ1n) is 9.33. The van der Waals surface area contributed by atoms with E-state index in [1.165, 1.54) is 0 Å². The molecule has 2 aromatic carbocycles. The molecule has 4 rings (SSSR count). The summed E-state index contributed by atoms with van der Waals surface area (Å²) in [6, 6.07) is 14.1. The Kier molecular flexibility index (Phi) is 6.17. The van der Waals surface area contributed by atoms with E-state index in [9.17, 15) is 0 Å². The van der Waals surface area contributed by atoms with Gasteiger partial charge < -0.3 is 14.8 Å². The fourth-order valence-electron chi connectivity index (χ4n) is 3.37. The fourth-order valence-corrected chi connectivity index (χ4v) is 3.37. The van der Waals surface area contributed by atoms with Crippen molar-refractivity contribution in [2.24, 2.45) is 4.99 Å². The molecule has 0 bridgehead atoms. The van der Waals surface area contributed by atoms with Crippen LogP contribution in [0.25, 0.3) is 33.3 Å². The molecule has 2 N–H and O–H groups in total. The molecule has 2 aliphatic rings. The number of nitrogens with one attached hydrogen (secondary N) is 1. The van der Waals surface area contributed by atoms with Gasteiger partial charge in [-0.1, -0.05) is 24.3 Å². The van der Waals surface area contributed by atoms with Gasteiger partial charge in [0.2, 0.25) is 0 Å². The maximum Gasteiger partial charge on any atom is 0.155 e. The van der Waals surface area contributed by atoms with Crippen LogP contribution in [0.1, 0.15) is 18.9 Å². The van der Waals surface area contributed by atoms with Crippen LogP contribution in [-0.4, -0.2) is 29.8 Å². The highest BCUT2D eigenvalue weighted by Crippen LogP contribution is 2.32. The molecule has 2 aromatic rings. The van der Waals surface area contributed by atoms with Crippen LogP contribution in [0.4, 0.5) is 5.69 Å². The van der Waals surface area contributed by atoms with Crippen molar-refractivity contribution in [2.45, 2.75) is 20.3 Å². The van der Waals surface area contributed by atoms with Gasteiger partial charge in [-0.3, -0.25) is 4.99 Å². The van der Waals surface area contributed by atoms with Crippen molar-refractivity contribution >= 4 is 40.0 Å². The van der Waals surface area contributed by atoms with Crippen molar-refractivity contribution in [3.63, 3.8) is 0 Å². The molecule has 5 nitrogen and oxygen atoms in total. The van der Waals surface area contributed by atoms with Crippen molar-refractivity contribution in [2.75, 3.05) is 25.0 Å². The van der Waals surface area contributed by atoms with Gasteiger partial charge in [0.1, 0.15) is 11.2 Å². The largest absolute Gasteiger partial charge is 0.453 e. The first-order valence-corrected chi connectivity index (χ1v) is 9.33. The molecule has 28 heavy (non-hydrogen) atoms. The zero-order valence-corrected chi connectivity index (χ0v) is 16.8. The highest BCUT2D eigenvalue weighted by molar-refractivity contribution is 5.96. The van der Waals surface area contributed by atoms with E-state index in [0.717, 1.165) is 56.5 Å². The Morgan fingerprint density at radius 1 is 1.14 bits per heavy atom. The molecule has 146 valence electrons. The summed E-state index contributed by atoms with van der Waals surface area (Å²) in [4.78, 5) is 9.56. The third kappa shape index (κ3) is 3.68. The zero-order valence-electron chi connectivity index (χ0n) is 16.0. The molecule has 0 saturated heterocycles. The lowest BCUT2D eigenvalue weighted by molar-refractivity contribution is 0.291. The van der Waals surface area contributed by atoms with Gasteiger partial charge in [-0.15, -0.1) is 12.4 Å². The summed E-state index contributed by atoms with van der Waals surface area (Å²) in [6.07, 6.45) is 0.644. The Hall–Kier alpha value is -2.63. The van der Waals surface area contributed by atoms with E-state index < -0.39 is 0 Å². The van der Waals surface area contributed by atoms with E-state index >= 15 is 0 Å². The molecule has 1 aliphatic carbocycles. The number of aliphatic hydroxyl groups excluding tert-OH is 1. The van der Waals surface area contributed by atoms with Crippen LogP contribution < -0.4 is 10.7 Å². The van der Waals surface area contributed by atoms with Crippen molar-refractivity contribution < 1.29 is 9.52 Å². The minimum atomic E-state index is 0. The number of halogens is 1. The third-order valence-corrected chi connectivity index (χ3v) is 4.68. The molecule has 0 unspecified atom stereocenters. The van der Waals surface area contributed by atoms with Crippen molar-refractivity contribution in [1.29, 1.82) is 0 Å². The Labute approximate surface area is 169 Å². The second-order valence-corrected chi connectivity index (χ2v) is 6.63. The van der Waals surface area contributed by atoms with Gasteiger partial charge in [-0.25, -0.2) is 4.98 Å². The Morgan fingerprint density at radius 3 is 2.68 bits per heavy atom. The van der Waals surface area contributed by atoms with E-state index in [1.54, 1.807) is 0 Å². The summed E-state index contributed by atoms with van der Waals surface area (Å²) in [5.74, 6) is 0.718. The number of aliphatic hydroxyl groups is 1. The number of benzene rings is 3. The molecule has 1 heterocycles. The normalized spacial score (nSPS) is 11.9. The minimum Gasteiger partial charge on any atom is -0.453 e. The minimum absolute atomic E-state index is 0. The maximum absolute atomic E-state index is 9.05. The smallest absolute Gasteiger partial charge is 0.155 e. The van der Waals surface area contributed by atoms with Crippen LogP contribution in [0.15, 0.2) is 51.9 Å². The molecule has 0 spiro atoms. The number of hydrogen-bond donors (Lipinski definition) is 2. The SMILES string of the molecule is CCNc1cc2oc3cc(=NCCCO)c4ccccc4c-3nc2cc1C.Cl. The van der Waals surface area contributed by atoms with Crippen LogP contribution in [0.2, 0.25) is 0 Å². The second kappa shape index (κ2) is 8.59. The lowest BCUT2D eigenvalue weighted by atomic mass is 10.0. The maximum atomic E-state index is 9.05. The number of aromatic nitrogens is 1. The van der Waals surface area contributed by atoms with Crippen LogP contribution in [-0.2, 0) is 0 Å². The van der Waals surface area contributed by atoms with E-state index in [-0.39, 0.29) is 19.0 Å². The number of aryl methyl sites for hydroxylation is 1. The molecule has 0 radical (unpaired) electrons. The van der Waals surface area contributed by atoms with E-state index in [4.69, 9.17) is 14.5 Å². The highest BCUT2D eigenvalue weighted by atomic mass is 35.5. The summed E-state index contributed by atoms with van der Waals surface area (Å²) < 4.78 is 6.23. The lowest BCUT2D eigenvalue weighted by Gasteiger charge is -2.13. The summed E-state index contributed by atoms with van der Waals surface area (Å²) in [6.45, 7) is 5.72. The van der Waals surface area contributed by atoms with Crippen molar-refractivity contribution in [3.8, 4) is 11.5 Å². The summed E-state index contributed by atoms with van der Waals surface area (Å²) >= 11 is 0. The first-order chi connectivity index (χ1) is 13.2.